The standard InChI is InChI=1S/C14H12Br2Cl2O2/c1-5(2)9(14(19)20)6-3-7-8(4-6)11(16)13(18)12(17)10(7)15/h3,5,9H,4H2,1-2H3,(H,19,20). The number of halogens is 4. The van der Waals surface area contributed by atoms with Gasteiger partial charge in [-0.1, -0.05) is 48.7 Å². The molecule has 1 unspecified atom stereocenters. The fourth-order valence-corrected chi connectivity index (χ4v) is 4.27. The van der Waals surface area contributed by atoms with E-state index in [4.69, 9.17) is 23.2 Å². The monoisotopic (exact) mass is 440 g/mol. The minimum atomic E-state index is -0.802. The van der Waals surface area contributed by atoms with Crippen LogP contribution in [0.5, 0.6) is 0 Å². The van der Waals surface area contributed by atoms with Gasteiger partial charge >= 0.3 is 5.97 Å². The van der Waals surface area contributed by atoms with Crippen molar-refractivity contribution >= 4 is 67.1 Å². The Morgan fingerprint density at radius 1 is 1.25 bits per heavy atom. The van der Waals surface area contributed by atoms with E-state index in [1.165, 1.54) is 0 Å². The largest absolute Gasteiger partial charge is 0.481 e. The predicted octanol–water partition coefficient (Wildman–Crippen LogP) is 5.81. The fourth-order valence-electron chi connectivity index (χ4n) is 2.53. The molecule has 20 heavy (non-hydrogen) atoms. The SMILES string of the molecule is CC(C)C(C(=O)O)C1=Cc2c(Br)c(Cl)c(Cl)c(Br)c2C1. The van der Waals surface area contributed by atoms with Crippen LogP contribution in [-0.2, 0) is 11.2 Å². The number of carboxylic acids is 1. The van der Waals surface area contributed by atoms with Gasteiger partial charge < -0.3 is 5.11 Å². The summed E-state index contributed by atoms with van der Waals surface area (Å²) < 4.78 is 1.45. The highest BCUT2D eigenvalue weighted by molar-refractivity contribution is 9.11. The maximum atomic E-state index is 11.5. The van der Waals surface area contributed by atoms with Crippen LogP contribution < -0.4 is 0 Å². The first-order valence-electron chi connectivity index (χ1n) is 6.03. The van der Waals surface area contributed by atoms with E-state index in [0.717, 1.165) is 21.2 Å². The van der Waals surface area contributed by atoms with Crippen molar-refractivity contribution in [3.05, 3.63) is 35.7 Å². The molecule has 1 aromatic rings. The van der Waals surface area contributed by atoms with Gasteiger partial charge in [-0.05, 0) is 55.3 Å². The van der Waals surface area contributed by atoms with Crippen molar-refractivity contribution in [3.8, 4) is 0 Å². The van der Waals surface area contributed by atoms with Crippen LogP contribution in [0.2, 0.25) is 10.0 Å². The molecular formula is C14H12Br2Cl2O2. The number of benzene rings is 1. The third-order valence-electron chi connectivity index (χ3n) is 3.45. The normalized spacial score (nSPS) is 15.2. The summed E-state index contributed by atoms with van der Waals surface area (Å²) in [6.07, 6.45) is 2.48. The molecule has 1 N–H and O–H groups in total. The van der Waals surface area contributed by atoms with Gasteiger partial charge in [0.1, 0.15) is 0 Å². The molecule has 0 aliphatic heterocycles. The Hall–Kier alpha value is -0.0300. The number of carbonyl (C=O) groups is 1. The van der Waals surface area contributed by atoms with Gasteiger partial charge in [0.05, 0.1) is 16.0 Å². The van der Waals surface area contributed by atoms with E-state index in [0.29, 0.717) is 20.9 Å². The quantitative estimate of drug-likeness (QED) is 0.473. The molecule has 1 aliphatic carbocycles. The minimum Gasteiger partial charge on any atom is -0.481 e. The first-order chi connectivity index (χ1) is 9.25. The fraction of sp³-hybridized carbons (Fsp3) is 0.357. The molecule has 1 aliphatic rings. The van der Waals surface area contributed by atoms with Crippen molar-refractivity contribution in [2.24, 2.45) is 11.8 Å². The molecule has 0 bridgehead atoms. The van der Waals surface area contributed by atoms with Gasteiger partial charge in [-0.15, -0.1) is 0 Å². The van der Waals surface area contributed by atoms with Crippen molar-refractivity contribution in [1.29, 1.82) is 0 Å². The third kappa shape index (κ3) is 2.68. The van der Waals surface area contributed by atoms with Crippen molar-refractivity contribution < 1.29 is 9.90 Å². The Morgan fingerprint density at radius 3 is 2.30 bits per heavy atom. The Morgan fingerprint density at radius 2 is 1.80 bits per heavy atom. The molecule has 0 amide bonds. The van der Waals surface area contributed by atoms with Crippen LogP contribution in [0.3, 0.4) is 0 Å². The van der Waals surface area contributed by atoms with E-state index in [-0.39, 0.29) is 5.92 Å². The summed E-state index contributed by atoms with van der Waals surface area (Å²) in [6, 6.07) is 0. The van der Waals surface area contributed by atoms with E-state index < -0.39 is 11.9 Å². The summed E-state index contributed by atoms with van der Waals surface area (Å²) in [6.45, 7) is 3.82. The lowest BCUT2D eigenvalue weighted by molar-refractivity contribution is -0.141. The van der Waals surface area contributed by atoms with E-state index >= 15 is 0 Å². The molecule has 1 aromatic carbocycles. The molecule has 108 valence electrons. The number of aliphatic carboxylic acids is 1. The lowest BCUT2D eigenvalue weighted by atomic mass is 9.87. The third-order valence-corrected chi connectivity index (χ3v) is 6.46. The summed E-state index contributed by atoms with van der Waals surface area (Å²) in [5.41, 5.74) is 2.77. The number of fused-ring (bicyclic) bond motifs is 1. The first-order valence-corrected chi connectivity index (χ1v) is 8.38. The smallest absolute Gasteiger partial charge is 0.310 e. The molecule has 2 rings (SSSR count). The zero-order valence-corrected chi connectivity index (χ0v) is 15.5. The van der Waals surface area contributed by atoms with Gasteiger partial charge in [0.25, 0.3) is 0 Å². The van der Waals surface area contributed by atoms with Gasteiger partial charge in [-0.2, -0.15) is 0 Å². The lowest BCUT2D eigenvalue weighted by Crippen LogP contribution is -2.22. The Kier molecular flexibility index (Phi) is 4.90. The Balaban J connectivity index is 2.54. The van der Waals surface area contributed by atoms with Crippen molar-refractivity contribution in [3.63, 3.8) is 0 Å². The van der Waals surface area contributed by atoms with E-state index in [1.807, 2.05) is 19.9 Å². The summed E-state index contributed by atoms with van der Waals surface area (Å²) >= 11 is 19.2. The van der Waals surface area contributed by atoms with Crippen LogP contribution in [-0.4, -0.2) is 11.1 Å². The highest BCUT2D eigenvalue weighted by Crippen LogP contribution is 2.47. The van der Waals surface area contributed by atoms with E-state index in [2.05, 4.69) is 31.9 Å². The van der Waals surface area contributed by atoms with Crippen molar-refractivity contribution in [2.45, 2.75) is 20.3 Å². The van der Waals surface area contributed by atoms with Crippen LogP contribution in [0.15, 0.2) is 14.5 Å². The van der Waals surface area contributed by atoms with Crippen molar-refractivity contribution in [2.75, 3.05) is 0 Å². The zero-order chi connectivity index (χ0) is 15.2. The number of carboxylic acid groups (broad SMARTS) is 1. The van der Waals surface area contributed by atoms with Crippen LogP contribution in [0.25, 0.3) is 6.08 Å². The van der Waals surface area contributed by atoms with Gasteiger partial charge in [0.15, 0.2) is 0 Å². The minimum absolute atomic E-state index is 0.0246. The number of hydrogen-bond acceptors (Lipinski definition) is 1. The molecule has 6 heteroatoms. The molecule has 2 nitrogen and oxygen atoms in total. The summed E-state index contributed by atoms with van der Waals surface area (Å²) in [4.78, 5) is 11.5. The van der Waals surface area contributed by atoms with Gasteiger partial charge in [-0.25, -0.2) is 0 Å². The summed E-state index contributed by atoms with van der Waals surface area (Å²) in [7, 11) is 0. The maximum Gasteiger partial charge on any atom is 0.310 e. The Bertz CT molecular complexity index is 624. The molecule has 0 saturated carbocycles. The number of rotatable bonds is 3. The highest BCUT2D eigenvalue weighted by Gasteiger charge is 2.32. The molecule has 1 atom stereocenters. The summed E-state index contributed by atoms with van der Waals surface area (Å²) in [5.74, 6) is -1.28. The van der Waals surface area contributed by atoms with E-state index in [1.54, 1.807) is 0 Å². The van der Waals surface area contributed by atoms with Gasteiger partial charge in [-0.3, -0.25) is 4.79 Å². The molecule has 0 heterocycles. The second-order valence-corrected chi connectivity index (χ2v) is 7.45. The Labute approximate surface area is 144 Å². The van der Waals surface area contributed by atoms with Crippen LogP contribution >= 0.6 is 55.1 Å². The second kappa shape index (κ2) is 5.99. The molecular weight excluding hydrogens is 431 g/mol. The highest BCUT2D eigenvalue weighted by atomic mass is 79.9. The number of hydrogen-bond donors (Lipinski definition) is 1. The zero-order valence-electron chi connectivity index (χ0n) is 10.8. The van der Waals surface area contributed by atoms with Crippen molar-refractivity contribution in [1.82, 2.24) is 0 Å². The topological polar surface area (TPSA) is 37.3 Å². The van der Waals surface area contributed by atoms with Crippen LogP contribution in [0.1, 0.15) is 25.0 Å². The van der Waals surface area contributed by atoms with Gasteiger partial charge in [0, 0.05) is 8.95 Å². The lowest BCUT2D eigenvalue weighted by Gasteiger charge is -2.17. The average Bonchev–Trinajstić information content (AvgIpc) is 2.77. The van der Waals surface area contributed by atoms with Gasteiger partial charge in [0.2, 0.25) is 0 Å². The predicted molar refractivity (Wildman–Crippen MR) is 89.5 cm³/mol. The molecule has 0 saturated heterocycles. The maximum absolute atomic E-state index is 11.5. The van der Waals surface area contributed by atoms with Crippen LogP contribution in [0.4, 0.5) is 0 Å². The molecule has 0 spiro atoms. The first kappa shape index (κ1) is 16.3. The summed E-state index contributed by atoms with van der Waals surface area (Å²) in [5, 5.41) is 10.3. The van der Waals surface area contributed by atoms with Crippen LogP contribution in [0, 0.1) is 11.8 Å². The molecule has 0 aromatic heterocycles. The molecule has 0 fully saturated rings. The second-order valence-electron chi connectivity index (χ2n) is 5.10. The van der Waals surface area contributed by atoms with E-state index in [9.17, 15) is 9.90 Å². The molecule has 0 radical (unpaired) electrons. The average molecular weight is 443 g/mol.